The van der Waals surface area contributed by atoms with E-state index in [1.165, 1.54) is 13.3 Å². The summed E-state index contributed by atoms with van der Waals surface area (Å²) in [7, 11) is 1.52. The first-order chi connectivity index (χ1) is 17.1. The van der Waals surface area contributed by atoms with Gasteiger partial charge in [-0.3, -0.25) is 4.79 Å². The number of amides is 2. The predicted octanol–water partition coefficient (Wildman–Crippen LogP) is 3.91. The average Bonchev–Trinajstić information content (AvgIpc) is 3.57. The van der Waals surface area contributed by atoms with Gasteiger partial charge in [0.2, 0.25) is 5.91 Å². The second-order valence-corrected chi connectivity index (χ2v) is 10.5. The summed E-state index contributed by atoms with van der Waals surface area (Å²) in [6, 6.07) is -0.134. The third-order valence-corrected chi connectivity index (χ3v) is 6.30. The zero-order valence-electron chi connectivity index (χ0n) is 21.3. The number of carbonyl (C=O) groups is 3. The highest BCUT2D eigenvalue weighted by molar-refractivity contribution is 6.09. The van der Waals surface area contributed by atoms with Crippen LogP contribution in [0.25, 0.3) is 11.0 Å². The number of carboxylic acid groups (broad SMARTS) is 1. The summed E-state index contributed by atoms with van der Waals surface area (Å²) in [6.45, 7) is 7.00. The molecule has 2 fully saturated rings. The van der Waals surface area contributed by atoms with E-state index in [-0.39, 0.29) is 30.6 Å². The maximum Gasteiger partial charge on any atom is 0.417 e. The van der Waals surface area contributed by atoms with E-state index in [1.807, 2.05) is 20.8 Å². The Bertz CT molecular complexity index is 1150. The van der Waals surface area contributed by atoms with Crippen LogP contribution in [0.3, 0.4) is 0 Å². The molecule has 2 aliphatic rings. The van der Waals surface area contributed by atoms with Crippen molar-refractivity contribution in [2.45, 2.75) is 70.4 Å². The molecule has 36 heavy (non-hydrogen) atoms. The summed E-state index contributed by atoms with van der Waals surface area (Å²) < 4.78 is 11.5. The molecule has 1 atom stereocenters. The normalized spacial score (nSPS) is 18.2. The molecule has 1 aliphatic carbocycles. The summed E-state index contributed by atoms with van der Waals surface area (Å²) in [6.07, 6.45) is 5.38. The van der Waals surface area contributed by atoms with Crippen LogP contribution >= 0.6 is 0 Å². The van der Waals surface area contributed by atoms with E-state index < -0.39 is 17.8 Å². The Kier molecular flexibility index (Phi) is 7.39. The van der Waals surface area contributed by atoms with Gasteiger partial charge in [0.25, 0.3) is 0 Å². The molecule has 2 aromatic rings. The van der Waals surface area contributed by atoms with E-state index in [0.29, 0.717) is 23.5 Å². The molecular formula is C25H35N5O6. The number of nitrogens with one attached hydrogen (secondary N) is 2. The van der Waals surface area contributed by atoms with Gasteiger partial charge in [-0.2, -0.15) is 0 Å². The lowest BCUT2D eigenvalue weighted by atomic mass is 10.0. The van der Waals surface area contributed by atoms with Crippen LogP contribution in [-0.2, 0) is 14.3 Å². The number of fused-ring (bicyclic) bond motifs is 1. The second kappa shape index (κ2) is 10.3. The van der Waals surface area contributed by atoms with E-state index in [2.05, 4.69) is 20.5 Å². The second-order valence-electron chi connectivity index (χ2n) is 10.5. The number of nitrogens with zero attached hydrogens (tertiary/aromatic N) is 3. The fourth-order valence-electron chi connectivity index (χ4n) is 4.65. The third kappa shape index (κ3) is 5.89. The fourth-order valence-corrected chi connectivity index (χ4v) is 4.65. The number of methoxy groups -OCH3 is 1. The smallest absolute Gasteiger partial charge is 0.417 e. The van der Waals surface area contributed by atoms with E-state index >= 15 is 0 Å². The van der Waals surface area contributed by atoms with Gasteiger partial charge in [0.15, 0.2) is 5.65 Å². The van der Waals surface area contributed by atoms with Gasteiger partial charge in [-0.05, 0) is 57.9 Å². The van der Waals surface area contributed by atoms with Crippen LogP contribution in [0.5, 0.6) is 0 Å². The van der Waals surface area contributed by atoms with Crippen molar-refractivity contribution in [1.29, 1.82) is 0 Å². The fraction of sp³-hybridized carbons (Fsp3) is 0.600. The number of piperidine rings is 1. The van der Waals surface area contributed by atoms with Crippen molar-refractivity contribution < 1.29 is 29.0 Å². The zero-order valence-corrected chi connectivity index (χ0v) is 21.3. The van der Waals surface area contributed by atoms with Crippen LogP contribution in [-0.4, -0.2) is 71.2 Å². The Labute approximate surface area is 210 Å². The summed E-state index contributed by atoms with van der Waals surface area (Å²) >= 11 is 0. The van der Waals surface area contributed by atoms with Gasteiger partial charge in [0.1, 0.15) is 5.60 Å². The lowest BCUT2D eigenvalue weighted by Crippen LogP contribution is -2.49. The van der Waals surface area contributed by atoms with Gasteiger partial charge in [0, 0.05) is 38.6 Å². The zero-order chi connectivity index (χ0) is 26.0. The van der Waals surface area contributed by atoms with Gasteiger partial charge in [-0.15, -0.1) is 0 Å². The van der Waals surface area contributed by atoms with E-state index in [9.17, 15) is 19.5 Å². The molecule has 11 heteroatoms. The number of hydrogen-bond donors (Lipinski definition) is 3. The molecule has 11 nitrogen and oxygen atoms in total. The molecule has 1 saturated heterocycles. The van der Waals surface area contributed by atoms with Crippen molar-refractivity contribution in [3.8, 4) is 0 Å². The predicted molar refractivity (Wildman–Crippen MR) is 135 cm³/mol. The highest BCUT2D eigenvalue weighted by Gasteiger charge is 2.34. The molecule has 2 aromatic heterocycles. The van der Waals surface area contributed by atoms with E-state index in [4.69, 9.17) is 9.47 Å². The molecule has 3 N–H and O–H groups in total. The number of alkyl carbamates (subject to hydrolysis) is 1. The van der Waals surface area contributed by atoms with Crippen molar-refractivity contribution in [1.82, 2.24) is 14.9 Å². The number of pyridine rings is 1. The Morgan fingerprint density at radius 2 is 1.97 bits per heavy atom. The van der Waals surface area contributed by atoms with Gasteiger partial charge in [-0.1, -0.05) is 0 Å². The lowest BCUT2D eigenvalue weighted by Gasteiger charge is -2.36. The third-order valence-electron chi connectivity index (χ3n) is 6.30. The summed E-state index contributed by atoms with van der Waals surface area (Å²) in [5.74, 6) is 0.0634. The largest absolute Gasteiger partial charge is 0.464 e. The van der Waals surface area contributed by atoms with Crippen LogP contribution in [0, 0.1) is 0 Å². The minimum Gasteiger partial charge on any atom is -0.464 e. The van der Waals surface area contributed by atoms with Crippen molar-refractivity contribution in [2.75, 3.05) is 37.0 Å². The molecule has 4 rings (SSSR count). The number of rotatable bonds is 7. The Morgan fingerprint density at radius 3 is 2.61 bits per heavy atom. The van der Waals surface area contributed by atoms with Crippen LogP contribution in [0.15, 0.2) is 12.4 Å². The van der Waals surface area contributed by atoms with Gasteiger partial charge < -0.3 is 30.1 Å². The van der Waals surface area contributed by atoms with E-state index in [1.54, 1.807) is 6.20 Å². The quantitative estimate of drug-likeness (QED) is 0.520. The van der Waals surface area contributed by atoms with Gasteiger partial charge >= 0.3 is 12.2 Å². The van der Waals surface area contributed by atoms with Crippen molar-refractivity contribution >= 4 is 40.5 Å². The highest BCUT2D eigenvalue weighted by atomic mass is 16.6. The molecule has 3 heterocycles. The molecule has 1 unspecified atom stereocenters. The number of anilines is 2. The molecule has 2 amide bonds. The van der Waals surface area contributed by atoms with Crippen molar-refractivity contribution in [2.24, 2.45) is 0 Å². The topological polar surface area (TPSA) is 135 Å². The van der Waals surface area contributed by atoms with Crippen LogP contribution in [0.1, 0.15) is 64.4 Å². The van der Waals surface area contributed by atoms with Gasteiger partial charge in [0.05, 0.1) is 29.8 Å². The monoisotopic (exact) mass is 501 g/mol. The first-order valence-electron chi connectivity index (χ1n) is 12.4. The van der Waals surface area contributed by atoms with Crippen LogP contribution in [0.2, 0.25) is 0 Å². The van der Waals surface area contributed by atoms with Crippen LogP contribution in [0.4, 0.5) is 21.0 Å². The Hall–Kier alpha value is -3.34. The average molecular weight is 502 g/mol. The maximum absolute atomic E-state index is 12.6. The molecule has 1 aliphatic heterocycles. The Balaban J connectivity index is 1.72. The molecule has 1 saturated carbocycles. The van der Waals surface area contributed by atoms with Crippen molar-refractivity contribution in [3.05, 3.63) is 18.0 Å². The Morgan fingerprint density at radius 1 is 1.22 bits per heavy atom. The summed E-state index contributed by atoms with van der Waals surface area (Å²) in [5.41, 5.74) is 1.99. The van der Waals surface area contributed by atoms with Crippen molar-refractivity contribution in [3.63, 3.8) is 0 Å². The first kappa shape index (κ1) is 25.7. The van der Waals surface area contributed by atoms with Crippen LogP contribution < -0.4 is 15.5 Å². The SMILES string of the molecule is COCCC(=O)Nc1cn(C(=O)O)c2ncc(C3CC3)c(N3CCCC(NC(=O)OC(C)(C)C)C3)c12. The number of ether oxygens (including phenoxy) is 2. The molecule has 0 radical (unpaired) electrons. The lowest BCUT2D eigenvalue weighted by molar-refractivity contribution is -0.117. The van der Waals surface area contributed by atoms with Gasteiger partial charge in [-0.25, -0.2) is 19.1 Å². The minimum atomic E-state index is -1.18. The number of aromatic nitrogens is 2. The molecule has 0 bridgehead atoms. The maximum atomic E-state index is 12.6. The molecule has 196 valence electrons. The molecule has 0 aromatic carbocycles. The molecular weight excluding hydrogens is 466 g/mol. The summed E-state index contributed by atoms with van der Waals surface area (Å²) in [5, 5.41) is 16.3. The summed E-state index contributed by atoms with van der Waals surface area (Å²) in [4.78, 5) is 43.7. The molecule has 0 spiro atoms. The first-order valence-corrected chi connectivity index (χ1v) is 12.4. The standard InChI is InChI=1S/C25H35N5O6/c1-25(2,3)36-23(32)27-16-6-5-10-29(13-16)21-17(15-7-8-15)12-26-22-20(21)18(14-30(22)24(33)34)28-19(31)9-11-35-4/h12,14-16H,5-11,13H2,1-4H3,(H,27,32)(H,28,31)(H,33,34). The highest BCUT2D eigenvalue weighted by Crippen LogP contribution is 2.48. The minimum absolute atomic E-state index is 0.134. The van der Waals surface area contributed by atoms with E-state index in [0.717, 1.165) is 48.0 Å². The number of carbonyl (C=O) groups excluding carboxylic acids is 2. The number of hydrogen-bond acceptors (Lipinski definition) is 7.